The minimum absolute atomic E-state index is 0.0563. The van der Waals surface area contributed by atoms with Crippen LogP contribution in [0.2, 0.25) is 0 Å². The Morgan fingerprint density at radius 3 is 2.88 bits per heavy atom. The van der Waals surface area contributed by atoms with Crippen LogP contribution in [0.4, 0.5) is 0 Å². The monoisotopic (exact) mass is 331 g/mol. The molecule has 1 aliphatic rings. The van der Waals surface area contributed by atoms with Gasteiger partial charge in [-0.3, -0.25) is 14.1 Å². The fourth-order valence-electron chi connectivity index (χ4n) is 3.19. The standard InChI is InChI=1S/C17H25N5O2/c1-13-9-21(10-14(2)24-13)8-4-3-7-18-17(23)15-5-6-16-20-19-12-22(16)11-15/h5-6,11-14H,3-4,7-10H2,1-2H3,(H,18,23)/t13-,14+. The molecule has 3 heterocycles. The van der Waals surface area contributed by atoms with Gasteiger partial charge >= 0.3 is 0 Å². The second-order valence-electron chi connectivity index (χ2n) is 6.49. The predicted molar refractivity (Wildman–Crippen MR) is 91.0 cm³/mol. The largest absolute Gasteiger partial charge is 0.373 e. The van der Waals surface area contributed by atoms with Crippen molar-refractivity contribution in [2.24, 2.45) is 0 Å². The Morgan fingerprint density at radius 1 is 1.29 bits per heavy atom. The number of carbonyl (C=O) groups excluding carboxylic acids is 1. The average Bonchev–Trinajstić information content (AvgIpc) is 3.01. The highest BCUT2D eigenvalue weighted by molar-refractivity contribution is 5.94. The number of carbonyl (C=O) groups is 1. The van der Waals surface area contributed by atoms with E-state index in [1.165, 1.54) is 0 Å². The molecular weight excluding hydrogens is 306 g/mol. The lowest BCUT2D eigenvalue weighted by Gasteiger charge is -2.35. The third-order valence-corrected chi connectivity index (χ3v) is 4.24. The number of morpholine rings is 1. The Bertz CT molecular complexity index is 676. The van der Waals surface area contributed by atoms with E-state index in [0.29, 0.717) is 24.3 Å². The molecule has 1 saturated heterocycles. The highest BCUT2D eigenvalue weighted by Gasteiger charge is 2.21. The number of aromatic nitrogens is 3. The topological polar surface area (TPSA) is 71.8 Å². The van der Waals surface area contributed by atoms with E-state index in [2.05, 4.69) is 34.3 Å². The van der Waals surface area contributed by atoms with Gasteiger partial charge in [0.2, 0.25) is 0 Å². The molecule has 0 unspecified atom stereocenters. The Kier molecular flexibility index (Phi) is 5.42. The summed E-state index contributed by atoms with van der Waals surface area (Å²) in [5, 5.41) is 10.7. The van der Waals surface area contributed by atoms with Crippen molar-refractivity contribution in [3.63, 3.8) is 0 Å². The van der Waals surface area contributed by atoms with Crippen molar-refractivity contribution in [3.8, 4) is 0 Å². The molecule has 2 atom stereocenters. The number of unbranched alkanes of at least 4 members (excludes halogenated alkanes) is 1. The molecule has 0 aromatic carbocycles. The molecular formula is C17H25N5O2. The molecule has 0 aliphatic carbocycles. The molecule has 24 heavy (non-hydrogen) atoms. The van der Waals surface area contributed by atoms with Crippen LogP contribution in [-0.2, 0) is 4.74 Å². The third-order valence-electron chi connectivity index (χ3n) is 4.24. The molecule has 7 nitrogen and oxygen atoms in total. The Morgan fingerprint density at radius 2 is 2.08 bits per heavy atom. The van der Waals surface area contributed by atoms with Crippen molar-refractivity contribution >= 4 is 11.6 Å². The third kappa shape index (κ3) is 4.30. The molecule has 1 fully saturated rings. The van der Waals surface area contributed by atoms with E-state index in [4.69, 9.17) is 4.74 Å². The smallest absolute Gasteiger partial charge is 0.252 e. The minimum atomic E-state index is -0.0563. The summed E-state index contributed by atoms with van der Waals surface area (Å²) in [5.41, 5.74) is 1.36. The van der Waals surface area contributed by atoms with E-state index in [9.17, 15) is 4.79 Å². The maximum absolute atomic E-state index is 12.2. The van der Waals surface area contributed by atoms with Gasteiger partial charge in [-0.15, -0.1) is 10.2 Å². The zero-order valence-electron chi connectivity index (χ0n) is 14.3. The van der Waals surface area contributed by atoms with Gasteiger partial charge in [0.25, 0.3) is 5.91 Å². The zero-order valence-corrected chi connectivity index (χ0v) is 14.3. The lowest BCUT2D eigenvalue weighted by Crippen LogP contribution is -2.45. The van der Waals surface area contributed by atoms with Crippen LogP contribution in [0, 0.1) is 0 Å². The second-order valence-corrected chi connectivity index (χ2v) is 6.49. The van der Waals surface area contributed by atoms with Gasteiger partial charge in [0.05, 0.1) is 17.8 Å². The second kappa shape index (κ2) is 7.72. The lowest BCUT2D eigenvalue weighted by molar-refractivity contribution is -0.0681. The molecule has 0 spiro atoms. The summed E-state index contributed by atoms with van der Waals surface area (Å²) in [5.74, 6) is -0.0563. The number of pyridine rings is 1. The van der Waals surface area contributed by atoms with Crippen molar-refractivity contribution < 1.29 is 9.53 Å². The van der Waals surface area contributed by atoms with Crippen LogP contribution in [0.3, 0.4) is 0 Å². The first-order chi connectivity index (χ1) is 11.6. The predicted octanol–water partition coefficient (Wildman–Crippen LogP) is 1.35. The number of hydrogen-bond donors (Lipinski definition) is 1. The van der Waals surface area contributed by atoms with Gasteiger partial charge in [0.1, 0.15) is 6.33 Å². The van der Waals surface area contributed by atoms with E-state index >= 15 is 0 Å². The van der Waals surface area contributed by atoms with Crippen molar-refractivity contribution in [1.82, 2.24) is 24.8 Å². The van der Waals surface area contributed by atoms with E-state index in [-0.39, 0.29) is 5.91 Å². The summed E-state index contributed by atoms with van der Waals surface area (Å²) in [6.45, 7) is 7.98. The average molecular weight is 331 g/mol. The summed E-state index contributed by atoms with van der Waals surface area (Å²) >= 11 is 0. The van der Waals surface area contributed by atoms with Gasteiger partial charge in [-0.1, -0.05) is 0 Å². The van der Waals surface area contributed by atoms with Crippen LogP contribution in [0.15, 0.2) is 24.7 Å². The number of rotatable bonds is 6. The van der Waals surface area contributed by atoms with Crippen molar-refractivity contribution in [2.75, 3.05) is 26.2 Å². The maximum atomic E-state index is 12.2. The molecule has 1 aliphatic heterocycles. The summed E-state index contributed by atoms with van der Waals surface area (Å²) < 4.78 is 7.49. The fraction of sp³-hybridized carbons (Fsp3) is 0.588. The summed E-state index contributed by atoms with van der Waals surface area (Å²) in [6.07, 6.45) is 6.00. The summed E-state index contributed by atoms with van der Waals surface area (Å²) in [7, 11) is 0. The number of fused-ring (bicyclic) bond motifs is 1. The van der Waals surface area contributed by atoms with E-state index in [0.717, 1.165) is 38.1 Å². The number of amides is 1. The van der Waals surface area contributed by atoms with Crippen molar-refractivity contribution in [1.29, 1.82) is 0 Å². The number of nitrogens with zero attached hydrogens (tertiary/aromatic N) is 4. The fourth-order valence-corrected chi connectivity index (χ4v) is 3.19. The highest BCUT2D eigenvalue weighted by atomic mass is 16.5. The minimum Gasteiger partial charge on any atom is -0.373 e. The van der Waals surface area contributed by atoms with Crippen LogP contribution in [0.25, 0.3) is 5.65 Å². The molecule has 1 N–H and O–H groups in total. The molecule has 2 aromatic rings. The van der Waals surface area contributed by atoms with Crippen LogP contribution < -0.4 is 5.32 Å². The lowest BCUT2D eigenvalue weighted by atomic mass is 10.2. The van der Waals surface area contributed by atoms with Crippen molar-refractivity contribution in [2.45, 2.75) is 38.9 Å². The number of nitrogens with one attached hydrogen (secondary N) is 1. The molecule has 0 bridgehead atoms. The Balaban J connectivity index is 1.37. The van der Waals surface area contributed by atoms with Crippen LogP contribution >= 0.6 is 0 Å². The van der Waals surface area contributed by atoms with E-state index in [1.807, 2.05) is 0 Å². The number of ether oxygens (including phenoxy) is 1. The normalized spacial score (nSPS) is 21.9. The van der Waals surface area contributed by atoms with Gasteiger partial charge in [-0.05, 0) is 45.4 Å². The van der Waals surface area contributed by atoms with Crippen LogP contribution in [0.1, 0.15) is 37.0 Å². The Hall–Kier alpha value is -1.99. The molecule has 3 rings (SSSR count). The SMILES string of the molecule is C[C@@H]1CN(CCCCNC(=O)c2ccc3nncn3c2)C[C@H](C)O1. The number of hydrogen-bond acceptors (Lipinski definition) is 5. The van der Waals surface area contributed by atoms with E-state index in [1.54, 1.807) is 29.1 Å². The van der Waals surface area contributed by atoms with Gasteiger partial charge < -0.3 is 10.1 Å². The molecule has 1 amide bonds. The Labute approximate surface area is 142 Å². The van der Waals surface area contributed by atoms with Crippen molar-refractivity contribution in [3.05, 3.63) is 30.2 Å². The first kappa shape index (κ1) is 16.9. The van der Waals surface area contributed by atoms with E-state index < -0.39 is 0 Å². The molecule has 7 heteroatoms. The van der Waals surface area contributed by atoms with Gasteiger partial charge in [-0.25, -0.2) is 0 Å². The molecule has 130 valence electrons. The van der Waals surface area contributed by atoms with Gasteiger partial charge in [-0.2, -0.15) is 0 Å². The van der Waals surface area contributed by atoms with Crippen LogP contribution in [0.5, 0.6) is 0 Å². The molecule has 2 aromatic heterocycles. The van der Waals surface area contributed by atoms with Gasteiger partial charge in [0.15, 0.2) is 5.65 Å². The molecule has 0 radical (unpaired) electrons. The summed E-state index contributed by atoms with van der Waals surface area (Å²) in [6, 6.07) is 3.57. The quantitative estimate of drug-likeness (QED) is 0.809. The molecule has 0 saturated carbocycles. The first-order valence-electron chi connectivity index (χ1n) is 8.57. The highest BCUT2D eigenvalue weighted by Crippen LogP contribution is 2.11. The summed E-state index contributed by atoms with van der Waals surface area (Å²) in [4.78, 5) is 14.6. The zero-order chi connectivity index (χ0) is 16.9. The van der Waals surface area contributed by atoms with Crippen LogP contribution in [-0.4, -0.2) is 63.8 Å². The first-order valence-corrected chi connectivity index (χ1v) is 8.57. The maximum Gasteiger partial charge on any atom is 0.252 e. The van der Waals surface area contributed by atoms with Gasteiger partial charge in [0, 0.05) is 25.8 Å².